The minimum Gasteiger partial charge on any atom is -0.267 e. The Morgan fingerprint density at radius 3 is 2.71 bits per heavy atom. The molecule has 0 aliphatic carbocycles. The van der Waals surface area contributed by atoms with E-state index in [1.807, 2.05) is 47.8 Å². The smallest absolute Gasteiger partial charge is 0.0997 e. The molecule has 0 aromatic heterocycles. The minimum absolute atomic E-state index is 0.596. The molecule has 14 heavy (non-hydrogen) atoms. The summed E-state index contributed by atoms with van der Waals surface area (Å²) in [5.74, 6) is 0.867. The van der Waals surface area contributed by atoms with E-state index in [4.69, 9.17) is 11.6 Å². The zero-order valence-corrected chi connectivity index (χ0v) is 10.1. The summed E-state index contributed by atoms with van der Waals surface area (Å²) < 4.78 is 0.596. The number of thioether (sulfide) groups is 2. The summed E-state index contributed by atoms with van der Waals surface area (Å²) in [5.41, 5.74) is 1.17. The number of nitrogens with zero attached hydrogens (tertiary/aromatic N) is 1. The second kappa shape index (κ2) is 4.60. The van der Waals surface area contributed by atoms with E-state index < -0.39 is 0 Å². The lowest BCUT2D eigenvalue weighted by Crippen LogP contribution is -2.07. The quantitative estimate of drug-likeness (QED) is 0.743. The Kier molecular flexibility index (Phi) is 3.42. The van der Waals surface area contributed by atoms with E-state index in [-0.39, 0.29) is 0 Å². The molecule has 0 saturated carbocycles. The number of rotatable bonds is 1. The lowest BCUT2D eigenvalue weighted by atomic mass is 10.2. The predicted molar refractivity (Wildman–Crippen MR) is 67.5 cm³/mol. The van der Waals surface area contributed by atoms with Crippen molar-refractivity contribution in [3.63, 3.8) is 0 Å². The maximum absolute atomic E-state index is 5.83. The molecule has 0 N–H and O–H groups in total. The van der Waals surface area contributed by atoms with Gasteiger partial charge in [0.2, 0.25) is 0 Å². The molecule has 1 unspecified atom stereocenters. The monoisotopic (exact) mass is 243 g/mol. The summed E-state index contributed by atoms with van der Waals surface area (Å²) in [4.78, 5) is 4.48. The fourth-order valence-corrected chi connectivity index (χ4v) is 3.26. The van der Waals surface area contributed by atoms with Crippen LogP contribution >= 0.6 is 35.1 Å². The summed E-state index contributed by atoms with van der Waals surface area (Å²) in [7, 11) is 0. The van der Waals surface area contributed by atoms with Gasteiger partial charge in [-0.1, -0.05) is 35.5 Å². The van der Waals surface area contributed by atoms with Gasteiger partial charge in [0.25, 0.3) is 0 Å². The lowest BCUT2D eigenvalue weighted by Gasteiger charge is -2.17. The molecule has 1 heterocycles. The normalized spacial score (nSPS) is 21.9. The molecule has 74 valence electrons. The molecule has 1 aliphatic heterocycles. The van der Waals surface area contributed by atoms with E-state index in [0.29, 0.717) is 4.58 Å². The Morgan fingerprint density at radius 1 is 1.36 bits per heavy atom. The van der Waals surface area contributed by atoms with Crippen LogP contribution in [0.5, 0.6) is 0 Å². The number of hydrogen-bond donors (Lipinski definition) is 0. The molecule has 0 fully saturated rings. The molecule has 1 aromatic carbocycles. The van der Waals surface area contributed by atoms with Crippen LogP contribution in [0.15, 0.2) is 29.3 Å². The zero-order chi connectivity index (χ0) is 9.97. The van der Waals surface area contributed by atoms with Gasteiger partial charge in [0, 0.05) is 10.6 Å². The summed E-state index contributed by atoms with van der Waals surface area (Å²) >= 11 is 9.51. The maximum Gasteiger partial charge on any atom is 0.0997 e. The highest BCUT2D eigenvalue weighted by atomic mass is 35.5. The topological polar surface area (TPSA) is 12.4 Å². The van der Waals surface area contributed by atoms with Crippen molar-refractivity contribution in [1.82, 2.24) is 0 Å². The van der Waals surface area contributed by atoms with Crippen molar-refractivity contribution < 1.29 is 0 Å². The molecular formula is C10H10ClNS2. The van der Waals surface area contributed by atoms with Gasteiger partial charge in [-0.15, -0.1) is 11.8 Å². The number of halogens is 1. The fraction of sp³-hybridized carbons (Fsp3) is 0.300. The van der Waals surface area contributed by atoms with E-state index in [0.717, 1.165) is 15.9 Å². The van der Waals surface area contributed by atoms with Crippen molar-refractivity contribution in [2.24, 2.45) is 4.99 Å². The van der Waals surface area contributed by atoms with Crippen LogP contribution in [0.4, 0.5) is 0 Å². The third kappa shape index (κ3) is 2.47. The first-order valence-electron chi connectivity index (χ1n) is 4.34. The zero-order valence-electron chi connectivity index (χ0n) is 7.74. The van der Waals surface area contributed by atoms with Crippen molar-refractivity contribution in [3.8, 4) is 0 Å². The molecule has 2 rings (SSSR count). The number of aliphatic imine (C=N–C) groups is 1. The number of hydrogen-bond acceptors (Lipinski definition) is 3. The van der Waals surface area contributed by atoms with Gasteiger partial charge in [0.05, 0.1) is 15.5 Å². The van der Waals surface area contributed by atoms with Crippen LogP contribution in [0.1, 0.15) is 12.5 Å². The third-order valence-corrected chi connectivity index (χ3v) is 4.50. The maximum atomic E-state index is 5.83. The molecule has 1 aromatic rings. The molecule has 1 atom stereocenters. The van der Waals surface area contributed by atoms with Gasteiger partial charge in [0.15, 0.2) is 0 Å². The van der Waals surface area contributed by atoms with E-state index in [1.54, 1.807) is 0 Å². The highest BCUT2D eigenvalue weighted by Gasteiger charge is 2.14. The van der Waals surface area contributed by atoms with E-state index in [2.05, 4.69) is 11.9 Å². The third-order valence-electron chi connectivity index (χ3n) is 1.89. The van der Waals surface area contributed by atoms with Crippen LogP contribution in [-0.4, -0.2) is 15.5 Å². The predicted octanol–water partition coefficient (Wildman–Crippen LogP) is 3.87. The SMILES string of the molecule is CC1SCN=C(c2ccc(Cl)cc2)S1. The molecule has 0 spiro atoms. The Morgan fingerprint density at radius 2 is 2.07 bits per heavy atom. The molecule has 4 heteroatoms. The molecule has 0 radical (unpaired) electrons. The Hall–Kier alpha value is -0.120. The molecule has 1 aliphatic rings. The highest BCUT2D eigenvalue weighted by molar-refractivity contribution is 8.25. The summed E-state index contributed by atoms with van der Waals surface area (Å²) in [5, 5.41) is 1.91. The first kappa shape index (κ1) is 10.4. The highest BCUT2D eigenvalue weighted by Crippen LogP contribution is 2.32. The van der Waals surface area contributed by atoms with Gasteiger partial charge in [-0.25, -0.2) is 0 Å². The van der Waals surface area contributed by atoms with Crippen LogP contribution in [0, 0.1) is 0 Å². The molecular weight excluding hydrogens is 234 g/mol. The Balaban J connectivity index is 2.22. The first-order chi connectivity index (χ1) is 6.75. The van der Waals surface area contributed by atoms with Gasteiger partial charge in [0.1, 0.15) is 0 Å². The molecule has 0 saturated heterocycles. The van der Waals surface area contributed by atoms with Crippen LogP contribution in [-0.2, 0) is 0 Å². The molecule has 0 bridgehead atoms. The number of benzene rings is 1. The minimum atomic E-state index is 0.596. The molecule has 0 amide bonds. The van der Waals surface area contributed by atoms with Gasteiger partial charge in [-0.2, -0.15) is 0 Å². The van der Waals surface area contributed by atoms with Gasteiger partial charge in [-0.05, 0) is 19.1 Å². The summed E-state index contributed by atoms with van der Waals surface area (Å²) in [6, 6.07) is 7.87. The molecule has 1 nitrogen and oxygen atoms in total. The van der Waals surface area contributed by atoms with Crippen molar-refractivity contribution in [2.45, 2.75) is 11.5 Å². The standard InChI is InChI=1S/C10H10ClNS2/c1-7-13-6-12-10(14-7)8-2-4-9(11)5-3-8/h2-5,7H,6H2,1H3. The summed E-state index contributed by atoms with van der Waals surface area (Å²) in [6.45, 7) is 2.21. The lowest BCUT2D eigenvalue weighted by molar-refractivity contribution is 1.33. The van der Waals surface area contributed by atoms with E-state index in [1.165, 1.54) is 5.56 Å². The van der Waals surface area contributed by atoms with Crippen LogP contribution in [0.25, 0.3) is 0 Å². The average molecular weight is 244 g/mol. The van der Waals surface area contributed by atoms with Gasteiger partial charge >= 0.3 is 0 Å². The second-order valence-electron chi connectivity index (χ2n) is 2.95. The van der Waals surface area contributed by atoms with Crippen molar-refractivity contribution >= 4 is 40.2 Å². The first-order valence-corrected chi connectivity index (χ1v) is 6.65. The van der Waals surface area contributed by atoms with Crippen molar-refractivity contribution in [2.75, 3.05) is 5.88 Å². The fourth-order valence-electron chi connectivity index (χ4n) is 1.18. The Bertz CT molecular complexity index is 348. The van der Waals surface area contributed by atoms with Crippen molar-refractivity contribution in [3.05, 3.63) is 34.9 Å². The largest absolute Gasteiger partial charge is 0.267 e. The summed E-state index contributed by atoms with van der Waals surface area (Å²) in [6.07, 6.45) is 0. The Labute approximate surface area is 97.3 Å². The van der Waals surface area contributed by atoms with Crippen LogP contribution in [0.2, 0.25) is 5.02 Å². The van der Waals surface area contributed by atoms with Gasteiger partial charge < -0.3 is 0 Å². The van der Waals surface area contributed by atoms with Crippen LogP contribution < -0.4 is 0 Å². The second-order valence-corrected chi connectivity index (χ2v) is 6.31. The van der Waals surface area contributed by atoms with Gasteiger partial charge in [-0.3, -0.25) is 4.99 Å². The van der Waals surface area contributed by atoms with E-state index in [9.17, 15) is 0 Å². The van der Waals surface area contributed by atoms with Crippen LogP contribution in [0.3, 0.4) is 0 Å². The average Bonchev–Trinajstić information content (AvgIpc) is 2.19. The van der Waals surface area contributed by atoms with E-state index >= 15 is 0 Å². The van der Waals surface area contributed by atoms with Crippen molar-refractivity contribution in [1.29, 1.82) is 0 Å².